The van der Waals surface area contributed by atoms with E-state index in [-0.39, 0.29) is 5.91 Å². The van der Waals surface area contributed by atoms with Gasteiger partial charge in [0, 0.05) is 38.1 Å². The molecule has 2 N–H and O–H groups in total. The Kier molecular flexibility index (Phi) is 5.60. The molecule has 1 saturated carbocycles. The van der Waals surface area contributed by atoms with Gasteiger partial charge in [0.1, 0.15) is 5.54 Å². The van der Waals surface area contributed by atoms with Crippen molar-refractivity contribution < 1.29 is 4.79 Å². The number of piperidine rings is 2. The van der Waals surface area contributed by atoms with Gasteiger partial charge >= 0.3 is 0 Å². The molecule has 3 aliphatic rings. The van der Waals surface area contributed by atoms with E-state index >= 15 is 0 Å². The van der Waals surface area contributed by atoms with Crippen LogP contribution in [0.3, 0.4) is 0 Å². The maximum Gasteiger partial charge on any atom is 0.248 e. The molecule has 1 aromatic heterocycles. The molecule has 3 heterocycles. The van der Waals surface area contributed by atoms with E-state index in [4.69, 9.17) is 0 Å². The zero-order valence-corrected chi connectivity index (χ0v) is 15.8. The first-order valence-electron chi connectivity index (χ1n) is 10.5. The average Bonchev–Trinajstić information content (AvgIpc) is 3.38. The lowest BCUT2D eigenvalue weighted by Crippen LogP contribution is -2.57. The van der Waals surface area contributed by atoms with Crippen LogP contribution in [0, 0.1) is 5.92 Å². The summed E-state index contributed by atoms with van der Waals surface area (Å²) < 4.78 is 1.89. The molecule has 144 valence electrons. The van der Waals surface area contributed by atoms with Gasteiger partial charge in [-0.2, -0.15) is 5.10 Å². The molecule has 6 nitrogen and oxygen atoms in total. The molecular formula is C20H33N5O. The number of rotatable bonds is 5. The van der Waals surface area contributed by atoms with Crippen LogP contribution in [0.1, 0.15) is 51.4 Å². The van der Waals surface area contributed by atoms with Gasteiger partial charge in [0.05, 0.1) is 0 Å². The van der Waals surface area contributed by atoms with Crippen molar-refractivity contribution in [2.75, 3.05) is 32.7 Å². The van der Waals surface area contributed by atoms with Crippen LogP contribution in [0.25, 0.3) is 0 Å². The summed E-state index contributed by atoms with van der Waals surface area (Å²) >= 11 is 0. The first kappa shape index (κ1) is 18.0. The average molecular weight is 360 g/mol. The summed E-state index contributed by atoms with van der Waals surface area (Å²) in [5.41, 5.74) is -0.518. The Bertz CT molecular complexity index is 567. The summed E-state index contributed by atoms with van der Waals surface area (Å²) in [5.74, 6) is 1.08. The van der Waals surface area contributed by atoms with Crippen LogP contribution < -0.4 is 10.6 Å². The van der Waals surface area contributed by atoms with Gasteiger partial charge in [0.25, 0.3) is 0 Å². The maximum atomic E-state index is 13.2. The number of hydrogen-bond donors (Lipinski definition) is 2. The lowest BCUT2D eigenvalue weighted by Gasteiger charge is -2.39. The molecular weight excluding hydrogens is 326 g/mol. The van der Waals surface area contributed by atoms with E-state index in [1.807, 2.05) is 16.9 Å². The molecule has 1 aliphatic carbocycles. The molecule has 4 rings (SSSR count). The third kappa shape index (κ3) is 3.81. The molecule has 26 heavy (non-hydrogen) atoms. The second-order valence-electron chi connectivity index (χ2n) is 8.43. The summed E-state index contributed by atoms with van der Waals surface area (Å²) in [7, 11) is 0. The van der Waals surface area contributed by atoms with E-state index in [9.17, 15) is 4.79 Å². The van der Waals surface area contributed by atoms with Crippen molar-refractivity contribution in [3.05, 3.63) is 18.5 Å². The number of amides is 1. The molecule has 2 saturated heterocycles. The van der Waals surface area contributed by atoms with Crippen molar-refractivity contribution in [2.24, 2.45) is 5.92 Å². The van der Waals surface area contributed by atoms with Gasteiger partial charge in [-0.1, -0.05) is 12.8 Å². The number of likely N-dealkylation sites (tertiary alicyclic amines) is 1. The Morgan fingerprint density at radius 3 is 2.54 bits per heavy atom. The zero-order valence-electron chi connectivity index (χ0n) is 15.8. The van der Waals surface area contributed by atoms with Crippen LogP contribution in [0.2, 0.25) is 0 Å². The molecule has 0 atom stereocenters. The zero-order chi connectivity index (χ0) is 17.8. The van der Waals surface area contributed by atoms with Crippen molar-refractivity contribution in [1.29, 1.82) is 0 Å². The van der Waals surface area contributed by atoms with Crippen LogP contribution in [0.5, 0.6) is 0 Å². The molecule has 0 unspecified atom stereocenters. The highest BCUT2D eigenvalue weighted by Gasteiger charge is 2.42. The molecule has 0 radical (unpaired) electrons. The fourth-order valence-corrected chi connectivity index (χ4v) is 5.06. The Morgan fingerprint density at radius 1 is 1.15 bits per heavy atom. The van der Waals surface area contributed by atoms with Crippen LogP contribution >= 0.6 is 0 Å². The first-order valence-corrected chi connectivity index (χ1v) is 10.5. The van der Waals surface area contributed by atoms with Crippen molar-refractivity contribution in [2.45, 2.75) is 62.9 Å². The van der Waals surface area contributed by atoms with Gasteiger partial charge in [-0.15, -0.1) is 0 Å². The standard InChI is InChI=1S/C20H33N5O/c26-19(20(8-11-21-12-9-20)25-13-3-10-22-25)23-18-6-14-24(15-7-18)16-17-4-1-2-5-17/h3,10,13,17-18,21H,1-2,4-9,11-12,14-16H2,(H,23,26). The molecule has 2 aliphatic heterocycles. The fourth-order valence-electron chi connectivity index (χ4n) is 5.06. The summed E-state index contributed by atoms with van der Waals surface area (Å²) in [6.07, 6.45) is 13.1. The lowest BCUT2D eigenvalue weighted by atomic mass is 9.86. The molecule has 0 aromatic carbocycles. The Hall–Kier alpha value is -1.40. The second kappa shape index (κ2) is 8.09. The summed E-state index contributed by atoms with van der Waals surface area (Å²) in [6, 6.07) is 2.23. The van der Waals surface area contributed by atoms with Crippen molar-refractivity contribution in [1.82, 2.24) is 25.3 Å². The largest absolute Gasteiger partial charge is 0.351 e. The van der Waals surface area contributed by atoms with Gasteiger partial charge in [-0.05, 0) is 63.6 Å². The van der Waals surface area contributed by atoms with E-state index < -0.39 is 5.54 Å². The Morgan fingerprint density at radius 2 is 1.88 bits per heavy atom. The Labute approximate surface area is 156 Å². The monoisotopic (exact) mass is 359 g/mol. The highest BCUT2D eigenvalue weighted by molar-refractivity contribution is 5.84. The summed E-state index contributed by atoms with van der Waals surface area (Å²) in [4.78, 5) is 15.9. The van der Waals surface area contributed by atoms with E-state index in [1.165, 1.54) is 32.2 Å². The van der Waals surface area contributed by atoms with Gasteiger partial charge in [-0.25, -0.2) is 0 Å². The minimum absolute atomic E-state index is 0.164. The van der Waals surface area contributed by atoms with E-state index in [1.54, 1.807) is 6.20 Å². The molecule has 3 fully saturated rings. The molecule has 1 aromatic rings. The van der Waals surface area contributed by atoms with E-state index in [0.717, 1.165) is 57.8 Å². The third-order valence-electron chi connectivity index (χ3n) is 6.71. The molecule has 0 bridgehead atoms. The minimum atomic E-state index is -0.518. The first-order chi connectivity index (χ1) is 12.8. The highest BCUT2D eigenvalue weighted by Crippen LogP contribution is 2.29. The minimum Gasteiger partial charge on any atom is -0.351 e. The SMILES string of the molecule is O=C(NC1CCN(CC2CCCC2)CC1)C1(n2cccn2)CCNCC1. The quantitative estimate of drug-likeness (QED) is 0.841. The van der Waals surface area contributed by atoms with Crippen LogP contribution in [0.4, 0.5) is 0 Å². The smallest absolute Gasteiger partial charge is 0.248 e. The van der Waals surface area contributed by atoms with E-state index in [2.05, 4.69) is 20.6 Å². The van der Waals surface area contributed by atoms with Gasteiger partial charge in [0.15, 0.2) is 0 Å². The maximum absolute atomic E-state index is 13.2. The topological polar surface area (TPSA) is 62.2 Å². The van der Waals surface area contributed by atoms with Gasteiger partial charge in [-0.3, -0.25) is 9.48 Å². The summed E-state index contributed by atoms with van der Waals surface area (Å²) in [5, 5.41) is 11.2. The second-order valence-corrected chi connectivity index (χ2v) is 8.43. The normalized spacial score (nSPS) is 25.4. The molecule has 1 amide bonds. The molecule has 6 heteroatoms. The number of hydrogen-bond acceptors (Lipinski definition) is 4. The Balaban J connectivity index is 1.32. The highest BCUT2D eigenvalue weighted by atomic mass is 16.2. The number of nitrogens with zero attached hydrogens (tertiary/aromatic N) is 3. The van der Waals surface area contributed by atoms with Crippen LogP contribution in [-0.4, -0.2) is 59.4 Å². The van der Waals surface area contributed by atoms with Crippen molar-refractivity contribution >= 4 is 5.91 Å². The lowest BCUT2D eigenvalue weighted by molar-refractivity contribution is -0.133. The van der Waals surface area contributed by atoms with Gasteiger partial charge < -0.3 is 15.5 Å². The third-order valence-corrected chi connectivity index (χ3v) is 6.71. The number of nitrogens with one attached hydrogen (secondary N) is 2. The fraction of sp³-hybridized carbons (Fsp3) is 0.800. The van der Waals surface area contributed by atoms with Crippen molar-refractivity contribution in [3.63, 3.8) is 0 Å². The van der Waals surface area contributed by atoms with E-state index in [0.29, 0.717) is 6.04 Å². The number of carbonyl (C=O) groups is 1. The predicted molar refractivity (Wildman–Crippen MR) is 102 cm³/mol. The number of carbonyl (C=O) groups excluding carboxylic acids is 1. The molecule has 0 spiro atoms. The van der Waals surface area contributed by atoms with Gasteiger partial charge in [0.2, 0.25) is 5.91 Å². The van der Waals surface area contributed by atoms with Crippen LogP contribution in [0.15, 0.2) is 18.5 Å². The summed E-state index contributed by atoms with van der Waals surface area (Å²) in [6.45, 7) is 5.25. The van der Waals surface area contributed by atoms with Crippen molar-refractivity contribution in [3.8, 4) is 0 Å². The van der Waals surface area contributed by atoms with Crippen LogP contribution in [-0.2, 0) is 10.3 Å². The predicted octanol–water partition coefficient (Wildman–Crippen LogP) is 1.73. The number of aromatic nitrogens is 2.